The summed E-state index contributed by atoms with van der Waals surface area (Å²) in [6.45, 7) is 7.93. The zero-order valence-corrected chi connectivity index (χ0v) is 13.0. The smallest absolute Gasteiger partial charge is 0.0935 e. The third-order valence-corrected chi connectivity index (χ3v) is 7.08. The van der Waals surface area contributed by atoms with Gasteiger partial charge in [-0.2, -0.15) is 23.5 Å². The predicted molar refractivity (Wildman–Crippen MR) is 82.6 cm³/mol. The van der Waals surface area contributed by atoms with Crippen molar-refractivity contribution in [3.8, 4) is 0 Å². The van der Waals surface area contributed by atoms with Gasteiger partial charge in [-0.25, -0.2) is 0 Å². The van der Waals surface area contributed by atoms with Gasteiger partial charge in [-0.15, -0.1) is 0 Å². The monoisotopic (exact) mass is 285 g/mol. The molecule has 2 nitrogen and oxygen atoms in total. The number of rotatable bonds is 5. The number of likely N-dealkylation sites (N-methyl/N-ethyl adjacent to an activating group) is 1. The second-order valence-corrected chi connectivity index (χ2v) is 7.95. The number of thioether (sulfide) groups is 2. The van der Waals surface area contributed by atoms with Gasteiger partial charge in [-0.3, -0.25) is 0 Å². The lowest BCUT2D eigenvalue weighted by Gasteiger charge is -2.36. The van der Waals surface area contributed by atoms with Crippen LogP contribution >= 0.6 is 23.5 Å². The zero-order chi connectivity index (χ0) is 13.0. The Bertz CT molecular complexity index is 342. The van der Waals surface area contributed by atoms with E-state index in [-0.39, 0.29) is 0 Å². The van der Waals surface area contributed by atoms with Gasteiger partial charge in [-0.05, 0) is 24.6 Å². The van der Waals surface area contributed by atoms with Crippen molar-refractivity contribution in [2.45, 2.75) is 49.0 Å². The van der Waals surface area contributed by atoms with E-state index in [1.165, 1.54) is 11.3 Å². The van der Waals surface area contributed by atoms with Gasteiger partial charge in [0.2, 0.25) is 0 Å². The summed E-state index contributed by atoms with van der Waals surface area (Å²) < 4.78 is 5.18. The lowest BCUT2D eigenvalue weighted by atomic mass is 10.1. The van der Waals surface area contributed by atoms with E-state index in [2.05, 4.69) is 55.7 Å². The van der Waals surface area contributed by atoms with E-state index >= 15 is 0 Å². The molecule has 0 radical (unpaired) electrons. The molecule has 2 rings (SSSR count). The summed E-state index contributed by atoms with van der Waals surface area (Å²) in [5.41, 5.74) is 1.30. The van der Waals surface area contributed by atoms with Crippen LogP contribution < -0.4 is 5.32 Å². The molecule has 4 unspecified atom stereocenters. The summed E-state index contributed by atoms with van der Waals surface area (Å²) in [5.74, 6) is 1.26. The van der Waals surface area contributed by atoms with Gasteiger partial charge >= 0.3 is 0 Å². The van der Waals surface area contributed by atoms with Crippen molar-refractivity contribution in [3.05, 3.63) is 24.2 Å². The Balaban J connectivity index is 1.96. The van der Waals surface area contributed by atoms with Crippen molar-refractivity contribution in [1.29, 1.82) is 0 Å². The molecule has 1 aliphatic rings. The Morgan fingerprint density at radius 2 is 2.28 bits per heavy atom. The SMILES string of the molecule is CCNC(Cc1ccoc1)C1CSC(C)C(C)S1. The lowest BCUT2D eigenvalue weighted by molar-refractivity contribution is 0.512. The fraction of sp³-hybridized carbons (Fsp3) is 0.714. The molecule has 0 bridgehead atoms. The largest absolute Gasteiger partial charge is 0.472 e. The third-order valence-electron chi connectivity index (χ3n) is 3.52. The molecule has 0 aliphatic carbocycles. The maximum atomic E-state index is 5.18. The average molecular weight is 285 g/mol. The topological polar surface area (TPSA) is 25.2 Å². The Labute approximate surface area is 119 Å². The maximum Gasteiger partial charge on any atom is 0.0935 e. The van der Waals surface area contributed by atoms with Crippen LogP contribution in [0, 0.1) is 0 Å². The van der Waals surface area contributed by atoms with Gasteiger partial charge in [-0.1, -0.05) is 20.8 Å². The first-order valence-electron chi connectivity index (χ1n) is 6.72. The van der Waals surface area contributed by atoms with Gasteiger partial charge in [0.15, 0.2) is 0 Å². The second kappa shape index (κ2) is 6.92. The molecule has 0 spiro atoms. The van der Waals surface area contributed by atoms with Crippen LogP contribution in [0.4, 0.5) is 0 Å². The number of hydrogen-bond donors (Lipinski definition) is 1. The Morgan fingerprint density at radius 1 is 1.44 bits per heavy atom. The minimum atomic E-state index is 0.556. The van der Waals surface area contributed by atoms with Crippen molar-refractivity contribution >= 4 is 23.5 Å². The normalized spacial score (nSPS) is 30.3. The number of hydrogen-bond acceptors (Lipinski definition) is 4. The highest BCUT2D eigenvalue weighted by atomic mass is 32.2. The van der Waals surface area contributed by atoms with Crippen LogP contribution in [0.25, 0.3) is 0 Å². The van der Waals surface area contributed by atoms with Gasteiger partial charge in [0, 0.05) is 27.5 Å². The molecule has 1 N–H and O–H groups in total. The van der Waals surface area contributed by atoms with Crippen LogP contribution in [0.3, 0.4) is 0 Å². The number of nitrogens with one attached hydrogen (secondary N) is 1. The summed E-state index contributed by atoms with van der Waals surface area (Å²) in [6.07, 6.45) is 4.71. The minimum Gasteiger partial charge on any atom is -0.472 e. The quantitative estimate of drug-likeness (QED) is 0.896. The van der Waals surface area contributed by atoms with Crippen LogP contribution in [0.5, 0.6) is 0 Å². The summed E-state index contributed by atoms with van der Waals surface area (Å²) in [4.78, 5) is 0. The summed E-state index contributed by atoms with van der Waals surface area (Å²) in [5, 5.41) is 5.88. The lowest BCUT2D eigenvalue weighted by Crippen LogP contribution is -2.44. The van der Waals surface area contributed by atoms with Crippen molar-refractivity contribution in [3.63, 3.8) is 0 Å². The first-order chi connectivity index (χ1) is 8.70. The standard InChI is InChI=1S/C14H23NOS2/c1-4-15-13(7-12-5-6-16-8-12)14-9-17-10(2)11(3)18-14/h5-6,8,10-11,13-15H,4,7,9H2,1-3H3. The summed E-state index contributed by atoms with van der Waals surface area (Å²) in [7, 11) is 0. The zero-order valence-electron chi connectivity index (χ0n) is 11.4. The first-order valence-corrected chi connectivity index (χ1v) is 8.71. The molecule has 1 saturated heterocycles. The minimum absolute atomic E-state index is 0.556. The Kier molecular flexibility index (Phi) is 5.52. The van der Waals surface area contributed by atoms with E-state index < -0.39 is 0 Å². The first kappa shape index (κ1) is 14.4. The molecular weight excluding hydrogens is 262 g/mol. The molecule has 1 aromatic heterocycles. The van der Waals surface area contributed by atoms with Gasteiger partial charge in [0.05, 0.1) is 12.5 Å². The van der Waals surface area contributed by atoms with Gasteiger partial charge in [0.1, 0.15) is 0 Å². The van der Waals surface area contributed by atoms with E-state index in [9.17, 15) is 0 Å². The molecule has 1 aromatic rings. The molecule has 2 heterocycles. The van der Waals surface area contributed by atoms with E-state index in [0.717, 1.165) is 23.5 Å². The van der Waals surface area contributed by atoms with E-state index in [4.69, 9.17) is 4.42 Å². The van der Waals surface area contributed by atoms with Crippen molar-refractivity contribution in [1.82, 2.24) is 5.32 Å². The third kappa shape index (κ3) is 3.72. The van der Waals surface area contributed by atoms with Crippen LogP contribution in [-0.4, -0.2) is 34.1 Å². The van der Waals surface area contributed by atoms with Crippen molar-refractivity contribution in [2.75, 3.05) is 12.3 Å². The second-order valence-electron chi connectivity index (χ2n) is 4.92. The van der Waals surface area contributed by atoms with Crippen molar-refractivity contribution < 1.29 is 4.42 Å². The molecule has 1 aliphatic heterocycles. The van der Waals surface area contributed by atoms with Crippen LogP contribution in [0.15, 0.2) is 23.0 Å². The fourth-order valence-corrected chi connectivity index (χ4v) is 5.41. The fourth-order valence-electron chi connectivity index (χ4n) is 2.28. The summed E-state index contributed by atoms with van der Waals surface area (Å²) >= 11 is 4.27. The van der Waals surface area contributed by atoms with Crippen molar-refractivity contribution in [2.24, 2.45) is 0 Å². The molecule has 0 aromatic carbocycles. The van der Waals surface area contributed by atoms with Crippen LogP contribution in [0.2, 0.25) is 0 Å². The Morgan fingerprint density at radius 3 is 2.89 bits per heavy atom. The van der Waals surface area contributed by atoms with Gasteiger partial charge in [0.25, 0.3) is 0 Å². The highest BCUT2D eigenvalue weighted by Gasteiger charge is 2.31. The van der Waals surface area contributed by atoms with Gasteiger partial charge < -0.3 is 9.73 Å². The van der Waals surface area contributed by atoms with E-state index in [1.54, 1.807) is 6.26 Å². The molecule has 1 fully saturated rings. The molecule has 0 amide bonds. The molecule has 18 heavy (non-hydrogen) atoms. The summed E-state index contributed by atoms with van der Waals surface area (Å²) in [6, 6.07) is 2.64. The molecule has 4 heteroatoms. The number of furan rings is 1. The highest BCUT2D eigenvalue weighted by Crippen LogP contribution is 2.37. The molecule has 0 saturated carbocycles. The van der Waals surface area contributed by atoms with Crippen LogP contribution in [0.1, 0.15) is 26.3 Å². The maximum absolute atomic E-state index is 5.18. The predicted octanol–water partition coefficient (Wildman–Crippen LogP) is 3.43. The molecular formula is C14H23NOS2. The van der Waals surface area contributed by atoms with E-state index in [1.807, 2.05) is 6.26 Å². The molecule has 4 atom stereocenters. The van der Waals surface area contributed by atoms with Crippen LogP contribution in [-0.2, 0) is 6.42 Å². The van der Waals surface area contributed by atoms with E-state index in [0.29, 0.717) is 11.3 Å². The average Bonchev–Trinajstić information content (AvgIpc) is 2.85. The Hall–Kier alpha value is -0.0600. The molecule has 102 valence electrons. The highest BCUT2D eigenvalue weighted by molar-refractivity contribution is 8.07.